The highest BCUT2D eigenvalue weighted by molar-refractivity contribution is 8.59. The molecule has 0 aromatic carbocycles. The minimum Gasteiger partial charge on any atom is -0.719 e. The highest BCUT2D eigenvalue weighted by Gasteiger charge is 2.40. The van der Waals surface area contributed by atoms with Crippen molar-refractivity contribution in [2.24, 2.45) is 33.9 Å². The third kappa shape index (κ3) is 26.3. The number of carbonyl (C=O) groups is 4. The Morgan fingerprint density at radius 1 is 0.702 bits per heavy atom. The first-order valence-corrected chi connectivity index (χ1v) is 24.1. The van der Waals surface area contributed by atoms with E-state index >= 15 is 0 Å². The van der Waals surface area contributed by atoms with E-state index in [1.54, 1.807) is 0 Å². The quantitative estimate of drug-likeness (QED) is 0.0284. The van der Waals surface area contributed by atoms with Gasteiger partial charge in [-0.05, 0) is 49.4 Å². The van der Waals surface area contributed by atoms with Crippen LogP contribution in [0.5, 0.6) is 0 Å². The fraction of sp³-hybridized carbons (Fsp3) is 0.846. The summed E-state index contributed by atoms with van der Waals surface area (Å²) in [5.41, 5.74) is 3.11. The van der Waals surface area contributed by atoms with E-state index in [-0.39, 0.29) is 48.0 Å². The Balaban J connectivity index is 0. The van der Waals surface area contributed by atoms with E-state index in [4.69, 9.17) is 36.0 Å². The Morgan fingerprint density at radius 3 is 1.16 bits per heavy atom. The number of aliphatic hydroxyl groups is 4. The summed E-state index contributed by atoms with van der Waals surface area (Å²) >= 11 is 9.43. The number of nitrogens with one attached hydrogen (secondary N) is 3. The molecule has 18 heteroatoms. The molecule has 2 fully saturated rings. The minimum absolute atomic E-state index is 0.132. The fourth-order valence-corrected chi connectivity index (χ4v) is 8.96. The molecule has 57 heavy (non-hydrogen) atoms. The second-order valence-electron chi connectivity index (χ2n) is 14.8. The van der Waals surface area contributed by atoms with Crippen molar-refractivity contribution in [2.45, 2.75) is 154 Å². The summed E-state index contributed by atoms with van der Waals surface area (Å²) in [6.45, 7) is 7.93. The second-order valence-corrected chi connectivity index (χ2v) is 17.3. The number of carbonyl (C=O) groups excluding carboxylic acids is 3. The van der Waals surface area contributed by atoms with Crippen LogP contribution in [0.25, 0.3) is 0 Å². The number of carboxylic acid groups (broad SMARTS) is 1. The highest BCUT2D eigenvalue weighted by Crippen LogP contribution is 2.39. The van der Waals surface area contributed by atoms with Gasteiger partial charge >= 0.3 is 0 Å². The molecule has 0 heterocycles. The number of rotatable bonds is 18. The van der Waals surface area contributed by atoms with Crippen LogP contribution in [0.3, 0.4) is 0 Å². The smallest absolute Gasteiger partial charge is 0.290 e. The third-order valence-corrected chi connectivity index (χ3v) is 11.7. The Kier molecular flexibility index (Phi) is 34.1. The molecule has 8 N–H and O–H groups in total. The molecule has 0 aliphatic heterocycles. The van der Waals surface area contributed by atoms with Gasteiger partial charge in [0.05, 0.1) is 36.1 Å². The van der Waals surface area contributed by atoms with Crippen LogP contribution in [0.1, 0.15) is 146 Å². The van der Waals surface area contributed by atoms with E-state index in [0.717, 1.165) is 98.6 Å². The van der Waals surface area contributed by atoms with Gasteiger partial charge < -0.3 is 75.8 Å². The highest BCUT2D eigenvalue weighted by atomic mass is 33.1. The number of hydrogen-bond donors (Lipinski definition) is 8. The van der Waals surface area contributed by atoms with Gasteiger partial charge in [-0.3, -0.25) is 19.2 Å². The lowest BCUT2D eigenvalue weighted by Gasteiger charge is -2.38. The number of hydrazone groups is 2. The molecule has 0 spiro atoms. The summed E-state index contributed by atoms with van der Waals surface area (Å²) in [5, 5.41) is 59.7. The molecule has 4 unspecified atom stereocenters. The zero-order chi connectivity index (χ0) is 45.3. The zero-order valence-electron chi connectivity index (χ0n) is 36.8. The van der Waals surface area contributed by atoms with Crippen LogP contribution in [0.4, 0.5) is 0 Å². The Labute approximate surface area is 363 Å². The van der Waals surface area contributed by atoms with Crippen LogP contribution in [-0.2, 0) is 42.5 Å². The molecule has 14 nitrogen and oxygen atoms in total. The van der Waals surface area contributed by atoms with E-state index < -0.39 is 24.0 Å². The fourth-order valence-electron chi connectivity index (χ4n) is 7.97. The molecule has 0 radical (unpaired) electrons. The molecule has 0 saturated heterocycles. The lowest BCUT2D eigenvalue weighted by atomic mass is 9.72. The van der Waals surface area contributed by atoms with E-state index in [0.29, 0.717) is 49.4 Å². The number of nitrogens with zero attached hydrogens (tertiary/aromatic N) is 2. The van der Waals surface area contributed by atoms with E-state index in [1.807, 2.05) is 0 Å². The lowest BCUT2D eigenvalue weighted by molar-refractivity contribution is -0.123. The summed E-state index contributed by atoms with van der Waals surface area (Å²) in [6, 6.07) is 0. The van der Waals surface area contributed by atoms with Crippen molar-refractivity contribution in [1.82, 2.24) is 16.2 Å². The first-order valence-electron chi connectivity index (χ1n) is 21.2. The molecule has 2 rings (SSSR count). The standard InChI is InChI=1S/2C18H34N2O3S2.C2H5NO.CH2O2/c2*1-3-6-14-8-5-9-15(7-4-2)11-18(23,10-14)16(12-21)19-20-17(22)13-25-24;1-3-2-4;2-1-3/h2*14-15,21,23-24H,3-13H2,1-2H3,(H,20,22);2H,1H3,(H,3,4);1H,(H,2,3)/p-2/b2*19-16+;;/i;;2D;1D. The van der Waals surface area contributed by atoms with Crippen molar-refractivity contribution in [3.05, 3.63) is 0 Å². The van der Waals surface area contributed by atoms with Gasteiger partial charge in [0.2, 0.25) is 18.2 Å². The predicted octanol–water partition coefficient (Wildman–Crippen LogP) is 5.41. The van der Waals surface area contributed by atoms with Crippen LogP contribution in [0.15, 0.2) is 10.2 Å². The van der Waals surface area contributed by atoms with Crippen LogP contribution in [-0.4, -0.2) is 105 Å². The van der Waals surface area contributed by atoms with Crippen molar-refractivity contribution in [3.8, 4) is 0 Å². The van der Waals surface area contributed by atoms with Gasteiger partial charge in [0.1, 0.15) is 12.6 Å². The predicted molar refractivity (Wildman–Crippen MR) is 238 cm³/mol. The van der Waals surface area contributed by atoms with E-state index in [2.05, 4.69) is 54.1 Å². The molecule has 334 valence electrons. The summed E-state index contributed by atoms with van der Waals surface area (Å²) in [6.07, 6.45) is 15.5. The molecular weight excluding hydrogens is 811 g/mol. The monoisotopic (exact) mass is 885 g/mol. The maximum absolute atomic E-state index is 11.6. The normalized spacial score (nSPS) is 25.9. The van der Waals surface area contributed by atoms with Gasteiger partial charge in [-0.1, -0.05) is 118 Å². The average molecular weight is 886 g/mol. The maximum atomic E-state index is 11.6. The van der Waals surface area contributed by atoms with Crippen LogP contribution >= 0.6 is 21.6 Å². The van der Waals surface area contributed by atoms with Gasteiger partial charge in [0.25, 0.3) is 6.45 Å². The molecular formula is C39H73N5O9S4-2. The molecule has 0 aromatic rings. The first kappa shape index (κ1) is 53.5. The van der Waals surface area contributed by atoms with Crippen LogP contribution in [0.2, 0.25) is 0 Å². The second kappa shape index (κ2) is 36.3. The molecule has 2 aliphatic rings. The van der Waals surface area contributed by atoms with Gasteiger partial charge in [-0.25, -0.2) is 10.9 Å². The van der Waals surface area contributed by atoms with Crippen molar-refractivity contribution in [2.75, 3.05) is 31.8 Å². The van der Waals surface area contributed by atoms with E-state index in [9.17, 15) is 34.8 Å². The Bertz CT molecular complexity index is 1130. The summed E-state index contributed by atoms with van der Waals surface area (Å²) in [4.78, 5) is 41.3. The molecule has 2 aliphatic carbocycles. The van der Waals surface area contributed by atoms with Crippen molar-refractivity contribution in [1.29, 1.82) is 0 Å². The molecule has 4 atom stereocenters. The van der Waals surface area contributed by atoms with Crippen LogP contribution in [0, 0.1) is 23.7 Å². The number of aliphatic hydroxyl groups excluding tert-OH is 2. The average Bonchev–Trinajstić information content (AvgIpc) is 3.14. The van der Waals surface area contributed by atoms with Crippen molar-refractivity contribution in [3.63, 3.8) is 0 Å². The SMILES string of the molecule is CCCC1CCCC(CCC)CC(O)(/C(CO)=N/NC(=O)CS[S-])C1.CCCC1CCCC(CCC)CC(O)(/C(CO)=N/NC(=O)CS[S-])C1.[2H]C(=O)NC.[2H]C(=O)O. The number of amides is 3. The minimum atomic E-state index is -1.58. The largest absolute Gasteiger partial charge is 0.719 e. The van der Waals surface area contributed by atoms with Crippen molar-refractivity contribution >= 4 is 81.0 Å². The van der Waals surface area contributed by atoms with Crippen molar-refractivity contribution < 1.29 is 47.5 Å². The van der Waals surface area contributed by atoms with Crippen LogP contribution < -0.4 is 16.2 Å². The van der Waals surface area contributed by atoms with Gasteiger partial charge in [0.15, 0.2) is 1.37 Å². The summed E-state index contributed by atoms with van der Waals surface area (Å²) in [5.74, 6) is 1.34. The van der Waals surface area contributed by atoms with Gasteiger partial charge in [-0.15, -0.1) is 0 Å². The lowest BCUT2D eigenvalue weighted by Crippen LogP contribution is -2.46. The molecule has 3 amide bonds. The number of hydrogen-bond acceptors (Lipinski definition) is 14. The van der Waals surface area contributed by atoms with Gasteiger partial charge in [0, 0.05) is 7.05 Å². The third-order valence-electron chi connectivity index (χ3n) is 10.2. The summed E-state index contributed by atoms with van der Waals surface area (Å²) in [7, 11) is 3.41. The Hall–Kier alpha value is -1.54. The maximum Gasteiger partial charge on any atom is 0.290 e. The van der Waals surface area contributed by atoms with E-state index in [1.165, 1.54) is 19.9 Å². The van der Waals surface area contributed by atoms with Gasteiger partial charge in [-0.2, -0.15) is 10.2 Å². The molecule has 2 saturated carbocycles. The molecule has 0 bridgehead atoms. The molecule has 0 aromatic heterocycles. The zero-order valence-corrected chi connectivity index (χ0v) is 38.0. The summed E-state index contributed by atoms with van der Waals surface area (Å²) < 4.78 is 11.6. The topological polar surface area (TPSA) is 230 Å². The Morgan fingerprint density at radius 2 is 0.965 bits per heavy atom. The first-order chi connectivity index (χ1) is 28.0.